The van der Waals surface area contributed by atoms with Crippen LogP contribution in [0.2, 0.25) is 0 Å². The minimum absolute atomic E-state index is 0.0861. The van der Waals surface area contributed by atoms with E-state index in [1.165, 1.54) is 0 Å². The van der Waals surface area contributed by atoms with Gasteiger partial charge in [-0.1, -0.05) is 0 Å². The van der Waals surface area contributed by atoms with Crippen molar-refractivity contribution in [2.45, 2.75) is 43.8 Å². The van der Waals surface area contributed by atoms with Crippen molar-refractivity contribution in [3.05, 3.63) is 45.8 Å². The third-order valence-corrected chi connectivity index (χ3v) is 4.86. The zero-order chi connectivity index (χ0) is 14.3. The van der Waals surface area contributed by atoms with Gasteiger partial charge in [0.25, 0.3) is 11.3 Å². The van der Waals surface area contributed by atoms with Gasteiger partial charge in [0, 0.05) is 17.7 Å². The maximum atomic E-state index is 12.4. The molecule has 1 aliphatic carbocycles. The number of nitrogens with one attached hydrogen (secondary N) is 2. The summed E-state index contributed by atoms with van der Waals surface area (Å²) in [5.74, 6) is -0.182. The summed E-state index contributed by atoms with van der Waals surface area (Å²) >= 11 is 0. The van der Waals surface area contributed by atoms with Gasteiger partial charge in [-0.05, 0) is 49.9 Å². The molecule has 0 unspecified atom stereocenters. The molecule has 0 saturated carbocycles. The highest BCUT2D eigenvalue weighted by atomic mass is 16.7. The first-order chi connectivity index (χ1) is 10.3. The first kappa shape index (κ1) is 13.0. The largest absolute Gasteiger partial charge is 0.456 e. The molecule has 5 heteroatoms. The number of rotatable bonds is 1. The Morgan fingerprint density at radius 3 is 2.71 bits per heavy atom. The molecule has 1 aromatic rings. The monoisotopic (exact) mass is 288 g/mol. The van der Waals surface area contributed by atoms with Crippen molar-refractivity contribution in [1.29, 1.82) is 0 Å². The summed E-state index contributed by atoms with van der Waals surface area (Å²) in [5.41, 5.74) is 3.22. The lowest BCUT2D eigenvalue weighted by Crippen LogP contribution is -2.38. The summed E-state index contributed by atoms with van der Waals surface area (Å²) in [7, 11) is 0. The van der Waals surface area contributed by atoms with Gasteiger partial charge in [-0.3, -0.25) is 4.79 Å². The lowest BCUT2D eigenvalue weighted by atomic mass is 9.85. The van der Waals surface area contributed by atoms with E-state index in [0.717, 1.165) is 55.6 Å². The second-order valence-corrected chi connectivity index (χ2v) is 6.18. The molecule has 5 nitrogen and oxygen atoms in total. The Balaban J connectivity index is 1.67. The summed E-state index contributed by atoms with van der Waals surface area (Å²) in [4.78, 5) is 15.4. The van der Waals surface area contributed by atoms with Crippen LogP contribution in [0.1, 0.15) is 42.0 Å². The van der Waals surface area contributed by atoms with Crippen LogP contribution in [0.4, 0.5) is 0 Å². The quantitative estimate of drug-likeness (QED) is 0.823. The Bertz CT molecular complexity index is 621. The van der Waals surface area contributed by atoms with Gasteiger partial charge >= 0.3 is 0 Å². The van der Waals surface area contributed by atoms with E-state index in [0.29, 0.717) is 12.3 Å². The van der Waals surface area contributed by atoms with E-state index in [9.17, 15) is 4.79 Å². The maximum absolute atomic E-state index is 12.4. The standard InChI is InChI=1S/C16H20N2O3/c19-15-13(11-2-5-17-6-3-11)9-12-10-16(20-7-8-21-16)4-1-14(12)18-15/h7-9,11,17H,1-6,10H2,(H,18,19). The van der Waals surface area contributed by atoms with E-state index >= 15 is 0 Å². The summed E-state index contributed by atoms with van der Waals surface area (Å²) in [6.07, 6.45) is 7.55. The van der Waals surface area contributed by atoms with Gasteiger partial charge < -0.3 is 19.8 Å². The van der Waals surface area contributed by atoms with Gasteiger partial charge in [0.05, 0.1) is 6.42 Å². The number of aryl methyl sites for hydroxylation is 1. The Kier molecular flexibility index (Phi) is 3.03. The molecule has 1 saturated heterocycles. The fraction of sp³-hybridized carbons (Fsp3) is 0.562. The zero-order valence-electron chi connectivity index (χ0n) is 12.0. The fourth-order valence-corrected chi connectivity index (χ4v) is 3.67. The van der Waals surface area contributed by atoms with E-state index in [2.05, 4.69) is 16.4 Å². The number of pyridine rings is 1. The molecule has 4 rings (SSSR count). The Morgan fingerprint density at radius 1 is 1.19 bits per heavy atom. The fourth-order valence-electron chi connectivity index (χ4n) is 3.67. The number of H-pyrrole nitrogens is 1. The highest BCUT2D eigenvalue weighted by molar-refractivity contribution is 5.31. The number of hydrogen-bond acceptors (Lipinski definition) is 4. The van der Waals surface area contributed by atoms with E-state index in [1.807, 2.05) is 0 Å². The minimum atomic E-state index is -0.545. The third kappa shape index (κ3) is 2.25. The zero-order valence-corrected chi connectivity index (χ0v) is 12.0. The molecule has 21 heavy (non-hydrogen) atoms. The van der Waals surface area contributed by atoms with Crippen molar-refractivity contribution in [2.24, 2.45) is 0 Å². The molecule has 1 aromatic heterocycles. The SMILES string of the molecule is O=c1[nH]c2c(cc1C1CCNCC1)CC1(CC2)OC=CO1. The van der Waals surface area contributed by atoms with Gasteiger partial charge in [0.15, 0.2) is 0 Å². The summed E-state index contributed by atoms with van der Waals surface area (Å²) in [6, 6.07) is 2.09. The second kappa shape index (κ2) is 4.91. The number of aromatic nitrogens is 1. The number of ether oxygens (including phenoxy) is 2. The Labute approximate surface area is 123 Å². The average molecular weight is 288 g/mol. The molecule has 2 N–H and O–H groups in total. The molecule has 1 fully saturated rings. The average Bonchev–Trinajstić information content (AvgIpc) is 2.96. The smallest absolute Gasteiger partial charge is 0.254 e. The molecule has 2 aliphatic heterocycles. The van der Waals surface area contributed by atoms with Crippen molar-refractivity contribution >= 4 is 0 Å². The van der Waals surface area contributed by atoms with Crippen LogP contribution in [-0.2, 0) is 22.3 Å². The number of aromatic amines is 1. The van der Waals surface area contributed by atoms with Crippen LogP contribution in [0.15, 0.2) is 23.4 Å². The molecule has 112 valence electrons. The lowest BCUT2D eigenvalue weighted by molar-refractivity contribution is -0.148. The summed E-state index contributed by atoms with van der Waals surface area (Å²) in [6.45, 7) is 1.97. The van der Waals surface area contributed by atoms with Crippen LogP contribution in [0.5, 0.6) is 0 Å². The molecule has 0 bridgehead atoms. The maximum Gasteiger partial charge on any atom is 0.254 e. The molecule has 3 heterocycles. The Morgan fingerprint density at radius 2 is 1.95 bits per heavy atom. The van der Waals surface area contributed by atoms with Crippen LogP contribution in [0.3, 0.4) is 0 Å². The molecule has 1 spiro atoms. The lowest BCUT2D eigenvalue weighted by Gasteiger charge is -2.33. The summed E-state index contributed by atoms with van der Waals surface area (Å²) in [5, 5.41) is 3.35. The predicted molar refractivity (Wildman–Crippen MR) is 78.0 cm³/mol. The van der Waals surface area contributed by atoms with E-state index in [1.54, 1.807) is 12.5 Å². The number of hydrogen-bond donors (Lipinski definition) is 2. The second-order valence-electron chi connectivity index (χ2n) is 6.18. The topological polar surface area (TPSA) is 63.4 Å². The number of piperidine rings is 1. The highest BCUT2D eigenvalue weighted by Gasteiger charge is 2.40. The first-order valence-corrected chi connectivity index (χ1v) is 7.72. The van der Waals surface area contributed by atoms with Crippen LogP contribution in [-0.4, -0.2) is 23.9 Å². The molecule has 3 aliphatic rings. The predicted octanol–water partition coefficient (Wildman–Crippen LogP) is 1.54. The van der Waals surface area contributed by atoms with Crippen LogP contribution in [0.25, 0.3) is 0 Å². The molecule has 0 atom stereocenters. The van der Waals surface area contributed by atoms with Crippen molar-refractivity contribution in [2.75, 3.05) is 13.1 Å². The minimum Gasteiger partial charge on any atom is -0.456 e. The molecular weight excluding hydrogens is 268 g/mol. The van der Waals surface area contributed by atoms with Crippen LogP contribution < -0.4 is 10.9 Å². The molecule has 0 radical (unpaired) electrons. The summed E-state index contributed by atoms with van der Waals surface area (Å²) < 4.78 is 11.3. The van der Waals surface area contributed by atoms with Gasteiger partial charge in [0.2, 0.25) is 0 Å². The van der Waals surface area contributed by atoms with Gasteiger partial charge in [-0.15, -0.1) is 0 Å². The van der Waals surface area contributed by atoms with E-state index in [4.69, 9.17) is 9.47 Å². The molecule has 0 aromatic carbocycles. The van der Waals surface area contributed by atoms with Crippen molar-refractivity contribution < 1.29 is 9.47 Å². The van der Waals surface area contributed by atoms with E-state index < -0.39 is 5.79 Å². The Hall–Kier alpha value is -1.75. The van der Waals surface area contributed by atoms with Crippen LogP contribution in [0, 0.1) is 0 Å². The van der Waals surface area contributed by atoms with E-state index in [-0.39, 0.29) is 5.56 Å². The van der Waals surface area contributed by atoms with Crippen molar-refractivity contribution in [3.63, 3.8) is 0 Å². The first-order valence-electron chi connectivity index (χ1n) is 7.72. The van der Waals surface area contributed by atoms with Crippen molar-refractivity contribution in [3.8, 4) is 0 Å². The van der Waals surface area contributed by atoms with Crippen molar-refractivity contribution in [1.82, 2.24) is 10.3 Å². The van der Waals surface area contributed by atoms with Gasteiger partial charge in [0.1, 0.15) is 12.5 Å². The molecule has 0 amide bonds. The number of fused-ring (bicyclic) bond motifs is 1. The van der Waals surface area contributed by atoms with Gasteiger partial charge in [-0.2, -0.15) is 0 Å². The molecular formula is C16H20N2O3. The highest BCUT2D eigenvalue weighted by Crippen LogP contribution is 2.35. The van der Waals surface area contributed by atoms with Crippen LogP contribution >= 0.6 is 0 Å². The normalized spacial score (nSPS) is 23.6. The van der Waals surface area contributed by atoms with Gasteiger partial charge in [-0.25, -0.2) is 0 Å². The third-order valence-electron chi connectivity index (χ3n) is 4.86.